The fourth-order valence-corrected chi connectivity index (χ4v) is 4.86. The van der Waals surface area contributed by atoms with Crippen molar-refractivity contribution in [2.75, 3.05) is 0 Å². The van der Waals surface area contributed by atoms with Gasteiger partial charge in [0.2, 0.25) is 5.91 Å². The summed E-state index contributed by atoms with van der Waals surface area (Å²) in [5.41, 5.74) is 1.76. The third kappa shape index (κ3) is 3.83. The average Bonchev–Trinajstić information content (AvgIpc) is 3.44. The quantitative estimate of drug-likeness (QED) is 0.506. The van der Waals surface area contributed by atoms with Crippen LogP contribution < -0.4 is 0 Å². The minimum atomic E-state index is -0.465. The number of carbonyl (C=O) groups excluding carboxylic acids is 1. The normalized spacial score (nSPS) is 15.7. The fourth-order valence-electron chi connectivity index (χ4n) is 4.07. The SMILES string of the molecule is O=C(N(Cc1ccsc1)Cc1ccco1)C1(c2ccc(Cl)cc2)CCCC1. The Bertz CT molecular complexity index is 829. The zero-order valence-corrected chi connectivity index (χ0v) is 16.6. The number of hydrogen-bond acceptors (Lipinski definition) is 3. The van der Waals surface area contributed by atoms with E-state index in [1.54, 1.807) is 17.6 Å². The van der Waals surface area contributed by atoms with Gasteiger partial charge in [0, 0.05) is 11.6 Å². The van der Waals surface area contributed by atoms with Crippen LogP contribution in [0.2, 0.25) is 5.02 Å². The second kappa shape index (κ2) is 7.91. The molecule has 0 spiro atoms. The van der Waals surface area contributed by atoms with E-state index in [1.807, 2.05) is 41.3 Å². The first-order valence-corrected chi connectivity index (χ1v) is 10.6. The van der Waals surface area contributed by atoms with Gasteiger partial charge < -0.3 is 9.32 Å². The van der Waals surface area contributed by atoms with Crippen molar-refractivity contribution >= 4 is 28.8 Å². The Morgan fingerprint density at radius 2 is 1.89 bits per heavy atom. The van der Waals surface area contributed by atoms with Crippen LogP contribution in [0, 0.1) is 0 Å². The molecule has 3 nitrogen and oxygen atoms in total. The molecular formula is C22H22ClNO2S. The van der Waals surface area contributed by atoms with Crippen LogP contribution >= 0.6 is 22.9 Å². The Kier molecular flexibility index (Phi) is 5.37. The smallest absolute Gasteiger partial charge is 0.233 e. The van der Waals surface area contributed by atoms with Crippen molar-refractivity contribution < 1.29 is 9.21 Å². The Morgan fingerprint density at radius 1 is 1.11 bits per heavy atom. The molecule has 2 aromatic heterocycles. The second-order valence-electron chi connectivity index (χ2n) is 7.17. The van der Waals surface area contributed by atoms with E-state index in [-0.39, 0.29) is 5.91 Å². The van der Waals surface area contributed by atoms with Crippen LogP contribution in [0.15, 0.2) is 63.9 Å². The molecule has 3 aromatic rings. The van der Waals surface area contributed by atoms with Gasteiger partial charge in [0.15, 0.2) is 0 Å². The largest absolute Gasteiger partial charge is 0.467 e. The van der Waals surface area contributed by atoms with E-state index in [1.165, 1.54) is 0 Å². The molecule has 0 atom stereocenters. The van der Waals surface area contributed by atoms with Crippen LogP contribution in [0.25, 0.3) is 0 Å². The van der Waals surface area contributed by atoms with Crippen molar-refractivity contribution in [2.45, 2.75) is 44.2 Å². The van der Waals surface area contributed by atoms with Crippen LogP contribution in [0.3, 0.4) is 0 Å². The lowest BCUT2D eigenvalue weighted by Crippen LogP contribution is -2.44. The Hall–Kier alpha value is -2.04. The molecule has 1 aromatic carbocycles. The molecule has 5 heteroatoms. The van der Waals surface area contributed by atoms with Gasteiger partial charge in [-0.3, -0.25) is 4.79 Å². The van der Waals surface area contributed by atoms with Gasteiger partial charge in [-0.1, -0.05) is 36.6 Å². The monoisotopic (exact) mass is 399 g/mol. The van der Waals surface area contributed by atoms with Crippen LogP contribution in [0.5, 0.6) is 0 Å². The van der Waals surface area contributed by atoms with Crippen molar-refractivity contribution in [3.8, 4) is 0 Å². The summed E-state index contributed by atoms with van der Waals surface area (Å²) in [6.07, 6.45) is 5.56. The molecule has 0 unspecified atom stereocenters. The van der Waals surface area contributed by atoms with E-state index in [9.17, 15) is 4.79 Å². The van der Waals surface area contributed by atoms with E-state index in [0.717, 1.165) is 42.6 Å². The molecular weight excluding hydrogens is 378 g/mol. The molecule has 0 N–H and O–H groups in total. The molecule has 1 aliphatic carbocycles. The molecule has 1 fully saturated rings. The summed E-state index contributed by atoms with van der Waals surface area (Å²) in [7, 11) is 0. The number of benzene rings is 1. The molecule has 140 valence electrons. The highest BCUT2D eigenvalue weighted by atomic mass is 35.5. The average molecular weight is 400 g/mol. The van der Waals surface area contributed by atoms with Gasteiger partial charge in [-0.25, -0.2) is 0 Å². The van der Waals surface area contributed by atoms with E-state index in [2.05, 4.69) is 16.8 Å². The van der Waals surface area contributed by atoms with Crippen LogP contribution in [0.1, 0.15) is 42.6 Å². The third-order valence-corrected chi connectivity index (χ3v) is 6.41. The predicted molar refractivity (Wildman–Crippen MR) is 109 cm³/mol. The summed E-state index contributed by atoms with van der Waals surface area (Å²) in [4.78, 5) is 15.8. The summed E-state index contributed by atoms with van der Waals surface area (Å²) in [6, 6.07) is 13.7. The molecule has 4 rings (SSSR count). The molecule has 0 saturated heterocycles. The summed E-state index contributed by atoms with van der Waals surface area (Å²) in [5.74, 6) is 0.993. The molecule has 1 saturated carbocycles. The number of thiophene rings is 1. The van der Waals surface area contributed by atoms with E-state index in [4.69, 9.17) is 16.0 Å². The van der Waals surface area contributed by atoms with E-state index in [0.29, 0.717) is 18.1 Å². The van der Waals surface area contributed by atoms with E-state index < -0.39 is 5.41 Å². The number of amides is 1. The number of carbonyl (C=O) groups is 1. The number of nitrogens with zero attached hydrogens (tertiary/aromatic N) is 1. The molecule has 2 heterocycles. The first kappa shape index (κ1) is 18.3. The van der Waals surface area contributed by atoms with Crippen LogP contribution in [-0.2, 0) is 23.3 Å². The number of furan rings is 1. The predicted octanol–water partition coefficient (Wildman–Crippen LogP) is 6.04. The summed E-state index contributed by atoms with van der Waals surface area (Å²) in [5, 5.41) is 4.85. The standard InChI is InChI=1S/C22H22ClNO2S/c23-19-7-5-18(6-8-19)22(10-1-2-11-22)21(25)24(14-17-9-13-27-16-17)15-20-4-3-12-26-20/h3-9,12-13,16H,1-2,10-11,14-15H2. The van der Waals surface area contributed by atoms with Gasteiger partial charge in [-0.15, -0.1) is 0 Å². The second-order valence-corrected chi connectivity index (χ2v) is 8.38. The Balaban J connectivity index is 1.67. The number of halogens is 1. The maximum absolute atomic E-state index is 13.9. The molecule has 1 amide bonds. The molecule has 1 aliphatic rings. The molecule has 0 radical (unpaired) electrons. The van der Waals surface area contributed by atoms with Crippen molar-refractivity contribution in [1.29, 1.82) is 0 Å². The third-order valence-electron chi connectivity index (χ3n) is 5.43. The van der Waals surface area contributed by atoms with Gasteiger partial charge in [-0.05, 0) is 65.1 Å². The zero-order chi connectivity index (χ0) is 18.7. The molecule has 0 aliphatic heterocycles. The fraction of sp³-hybridized carbons (Fsp3) is 0.318. The minimum absolute atomic E-state index is 0.185. The summed E-state index contributed by atoms with van der Waals surface area (Å²) >= 11 is 7.74. The van der Waals surface area contributed by atoms with Crippen molar-refractivity contribution in [1.82, 2.24) is 4.90 Å². The van der Waals surface area contributed by atoms with Gasteiger partial charge >= 0.3 is 0 Å². The first-order valence-electron chi connectivity index (χ1n) is 9.26. The van der Waals surface area contributed by atoms with Crippen LogP contribution in [-0.4, -0.2) is 10.8 Å². The van der Waals surface area contributed by atoms with Gasteiger partial charge in [0.1, 0.15) is 5.76 Å². The topological polar surface area (TPSA) is 33.5 Å². The van der Waals surface area contributed by atoms with Gasteiger partial charge in [-0.2, -0.15) is 11.3 Å². The number of hydrogen-bond donors (Lipinski definition) is 0. The number of rotatable bonds is 6. The summed E-state index contributed by atoms with van der Waals surface area (Å²) < 4.78 is 5.54. The minimum Gasteiger partial charge on any atom is -0.467 e. The Morgan fingerprint density at radius 3 is 2.52 bits per heavy atom. The maximum Gasteiger partial charge on any atom is 0.233 e. The maximum atomic E-state index is 13.9. The summed E-state index contributed by atoms with van der Waals surface area (Å²) in [6.45, 7) is 1.08. The zero-order valence-electron chi connectivity index (χ0n) is 15.1. The lowest BCUT2D eigenvalue weighted by molar-refractivity contribution is -0.139. The highest BCUT2D eigenvalue weighted by molar-refractivity contribution is 7.07. The van der Waals surface area contributed by atoms with E-state index >= 15 is 0 Å². The van der Waals surface area contributed by atoms with Crippen molar-refractivity contribution in [3.63, 3.8) is 0 Å². The van der Waals surface area contributed by atoms with Crippen molar-refractivity contribution in [2.24, 2.45) is 0 Å². The van der Waals surface area contributed by atoms with Gasteiger partial charge in [0.25, 0.3) is 0 Å². The Labute approximate surface area is 168 Å². The lowest BCUT2D eigenvalue weighted by Gasteiger charge is -2.34. The first-order chi connectivity index (χ1) is 13.2. The molecule has 0 bridgehead atoms. The van der Waals surface area contributed by atoms with Crippen molar-refractivity contribution in [3.05, 3.63) is 81.4 Å². The highest BCUT2D eigenvalue weighted by Gasteiger charge is 2.45. The van der Waals surface area contributed by atoms with Crippen LogP contribution in [0.4, 0.5) is 0 Å². The lowest BCUT2D eigenvalue weighted by atomic mass is 9.77. The molecule has 27 heavy (non-hydrogen) atoms. The van der Waals surface area contributed by atoms with Gasteiger partial charge in [0.05, 0.1) is 18.2 Å². The highest BCUT2D eigenvalue weighted by Crippen LogP contribution is 2.43.